The quantitative estimate of drug-likeness (QED) is 0.848. The number of nitrogens with two attached hydrogens (primary N) is 1. The highest BCUT2D eigenvalue weighted by Gasteiger charge is 2.12. The minimum atomic E-state index is 0.150. The van der Waals surface area contributed by atoms with E-state index >= 15 is 0 Å². The van der Waals surface area contributed by atoms with Gasteiger partial charge in [-0.05, 0) is 25.6 Å². The zero-order valence-electron chi connectivity index (χ0n) is 10.0. The van der Waals surface area contributed by atoms with Gasteiger partial charge in [-0.1, -0.05) is 12.1 Å². The molecule has 0 amide bonds. The van der Waals surface area contributed by atoms with E-state index in [-0.39, 0.29) is 5.78 Å². The van der Waals surface area contributed by atoms with Gasteiger partial charge in [0.1, 0.15) is 11.6 Å². The number of hydrogen-bond donors (Lipinski definition) is 1. The van der Waals surface area contributed by atoms with Crippen LogP contribution in [-0.2, 0) is 17.8 Å². The van der Waals surface area contributed by atoms with Gasteiger partial charge in [-0.15, -0.1) is 0 Å². The average Bonchev–Trinajstić information content (AvgIpc) is 2.66. The fourth-order valence-electron chi connectivity index (χ4n) is 2.04. The van der Waals surface area contributed by atoms with Crippen molar-refractivity contribution in [3.8, 4) is 0 Å². The summed E-state index contributed by atoms with van der Waals surface area (Å²) in [5.74, 6) is 0.990. The number of hydrogen-bond acceptors (Lipinski definition) is 3. The van der Waals surface area contributed by atoms with E-state index in [2.05, 4.69) is 16.5 Å². The molecule has 0 radical (unpaired) electrons. The number of fused-ring (bicyclic) bond motifs is 1. The molecule has 0 saturated carbocycles. The summed E-state index contributed by atoms with van der Waals surface area (Å²) in [5.41, 5.74) is 7.42. The number of aryl methyl sites for hydroxylation is 1. The van der Waals surface area contributed by atoms with Crippen molar-refractivity contribution < 1.29 is 4.79 Å². The van der Waals surface area contributed by atoms with Crippen LogP contribution in [-0.4, -0.2) is 21.9 Å². The van der Waals surface area contributed by atoms with E-state index in [4.69, 9.17) is 5.73 Å². The van der Waals surface area contributed by atoms with Crippen molar-refractivity contribution in [3.05, 3.63) is 30.1 Å². The first-order chi connectivity index (χ1) is 8.26. The highest BCUT2D eigenvalue weighted by atomic mass is 16.1. The Labute approximate surface area is 100 Å². The minimum absolute atomic E-state index is 0.150. The van der Waals surface area contributed by atoms with Crippen molar-refractivity contribution in [3.63, 3.8) is 0 Å². The maximum Gasteiger partial charge on any atom is 0.141 e. The SMILES string of the molecule is CCn1c(CC(=O)CCN)nc2ccccc21. The topological polar surface area (TPSA) is 60.9 Å². The van der Waals surface area contributed by atoms with Gasteiger partial charge in [-0.3, -0.25) is 4.79 Å². The summed E-state index contributed by atoms with van der Waals surface area (Å²) >= 11 is 0. The predicted octanol–water partition coefficient (Wildman–Crippen LogP) is 1.52. The zero-order valence-corrected chi connectivity index (χ0v) is 10.0. The molecular weight excluding hydrogens is 214 g/mol. The van der Waals surface area contributed by atoms with E-state index in [1.54, 1.807) is 0 Å². The van der Waals surface area contributed by atoms with Crippen molar-refractivity contribution >= 4 is 16.8 Å². The first-order valence-corrected chi connectivity index (χ1v) is 5.92. The smallest absolute Gasteiger partial charge is 0.141 e. The van der Waals surface area contributed by atoms with Crippen molar-refractivity contribution in [1.82, 2.24) is 9.55 Å². The Hall–Kier alpha value is -1.68. The summed E-state index contributed by atoms with van der Waals surface area (Å²) in [4.78, 5) is 16.1. The molecule has 2 aromatic rings. The third-order valence-electron chi connectivity index (χ3n) is 2.83. The van der Waals surface area contributed by atoms with Gasteiger partial charge < -0.3 is 10.3 Å². The maximum absolute atomic E-state index is 11.6. The Kier molecular flexibility index (Phi) is 3.54. The second-order valence-corrected chi connectivity index (χ2v) is 4.02. The van der Waals surface area contributed by atoms with E-state index in [0.29, 0.717) is 19.4 Å². The molecule has 17 heavy (non-hydrogen) atoms. The lowest BCUT2D eigenvalue weighted by molar-refractivity contribution is -0.118. The average molecular weight is 231 g/mol. The van der Waals surface area contributed by atoms with Crippen LogP contribution in [0.5, 0.6) is 0 Å². The van der Waals surface area contributed by atoms with Crippen LogP contribution in [0, 0.1) is 0 Å². The summed E-state index contributed by atoms with van der Waals surface area (Å²) in [6, 6.07) is 7.95. The number of benzene rings is 1. The molecule has 1 aromatic heterocycles. The number of carbonyl (C=O) groups is 1. The Balaban J connectivity index is 2.36. The minimum Gasteiger partial charge on any atom is -0.330 e. The van der Waals surface area contributed by atoms with Gasteiger partial charge in [0.15, 0.2) is 0 Å². The first kappa shape index (κ1) is 11.8. The third-order valence-corrected chi connectivity index (χ3v) is 2.83. The molecule has 0 aliphatic rings. The summed E-state index contributed by atoms with van der Waals surface area (Å²) in [5, 5.41) is 0. The molecule has 90 valence electrons. The van der Waals surface area contributed by atoms with Gasteiger partial charge in [-0.25, -0.2) is 4.98 Å². The molecule has 1 heterocycles. The van der Waals surface area contributed by atoms with E-state index in [1.807, 2.05) is 24.3 Å². The summed E-state index contributed by atoms with van der Waals surface area (Å²) in [7, 11) is 0. The number of Topliss-reactive ketones (excluding diaryl/α,β-unsaturated/α-hetero) is 1. The molecule has 0 aliphatic heterocycles. The normalized spacial score (nSPS) is 10.9. The van der Waals surface area contributed by atoms with E-state index in [0.717, 1.165) is 23.4 Å². The Morgan fingerprint density at radius 3 is 2.88 bits per heavy atom. The molecular formula is C13H17N3O. The number of aromatic nitrogens is 2. The third kappa shape index (κ3) is 2.36. The van der Waals surface area contributed by atoms with Crippen molar-refractivity contribution in [2.45, 2.75) is 26.3 Å². The molecule has 0 atom stereocenters. The molecule has 0 saturated heterocycles. The first-order valence-electron chi connectivity index (χ1n) is 5.92. The van der Waals surface area contributed by atoms with Crippen LogP contribution in [0.4, 0.5) is 0 Å². The van der Waals surface area contributed by atoms with E-state index in [9.17, 15) is 4.79 Å². The molecule has 0 aliphatic carbocycles. The van der Waals surface area contributed by atoms with Crippen LogP contribution in [0.25, 0.3) is 11.0 Å². The van der Waals surface area contributed by atoms with Gasteiger partial charge >= 0.3 is 0 Å². The fraction of sp³-hybridized carbons (Fsp3) is 0.385. The predicted molar refractivity (Wildman–Crippen MR) is 67.8 cm³/mol. The maximum atomic E-state index is 11.6. The Morgan fingerprint density at radius 2 is 2.18 bits per heavy atom. The number of nitrogens with zero attached hydrogens (tertiary/aromatic N) is 2. The molecule has 0 spiro atoms. The molecule has 4 nitrogen and oxygen atoms in total. The number of rotatable bonds is 5. The van der Waals surface area contributed by atoms with Crippen molar-refractivity contribution in [2.24, 2.45) is 5.73 Å². The molecule has 2 rings (SSSR count). The van der Waals surface area contributed by atoms with Crippen molar-refractivity contribution in [1.29, 1.82) is 0 Å². The number of imidazole rings is 1. The molecule has 0 fully saturated rings. The second-order valence-electron chi connectivity index (χ2n) is 4.02. The lowest BCUT2D eigenvalue weighted by atomic mass is 10.2. The highest BCUT2D eigenvalue weighted by Crippen LogP contribution is 2.16. The zero-order chi connectivity index (χ0) is 12.3. The monoisotopic (exact) mass is 231 g/mol. The largest absolute Gasteiger partial charge is 0.330 e. The van der Waals surface area contributed by atoms with Crippen molar-refractivity contribution in [2.75, 3.05) is 6.54 Å². The fourth-order valence-corrected chi connectivity index (χ4v) is 2.04. The van der Waals surface area contributed by atoms with Crippen LogP contribution < -0.4 is 5.73 Å². The van der Waals surface area contributed by atoms with E-state index < -0.39 is 0 Å². The van der Waals surface area contributed by atoms with Crippen LogP contribution in [0.1, 0.15) is 19.2 Å². The van der Waals surface area contributed by atoms with Crippen LogP contribution in [0.15, 0.2) is 24.3 Å². The van der Waals surface area contributed by atoms with E-state index in [1.165, 1.54) is 0 Å². The van der Waals surface area contributed by atoms with Crippen LogP contribution in [0.3, 0.4) is 0 Å². The lowest BCUT2D eigenvalue weighted by Gasteiger charge is -2.04. The summed E-state index contributed by atoms with van der Waals surface area (Å²) in [6.45, 7) is 3.29. The van der Waals surface area contributed by atoms with Gasteiger partial charge in [-0.2, -0.15) is 0 Å². The van der Waals surface area contributed by atoms with Gasteiger partial charge in [0.05, 0.1) is 17.5 Å². The van der Waals surface area contributed by atoms with Gasteiger partial charge in [0.2, 0.25) is 0 Å². The molecule has 1 aromatic carbocycles. The Bertz CT molecular complexity index is 530. The highest BCUT2D eigenvalue weighted by molar-refractivity contribution is 5.82. The summed E-state index contributed by atoms with van der Waals surface area (Å²) < 4.78 is 2.09. The second kappa shape index (κ2) is 5.10. The lowest BCUT2D eigenvalue weighted by Crippen LogP contribution is -2.13. The molecule has 2 N–H and O–H groups in total. The van der Waals surface area contributed by atoms with Gasteiger partial charge in [0.25, 0.3) is 0 Å². The van der Waals surface area contributed by atoms with Crippen LogP contribution in [0.2, 0.25) is 0 Å². The standard InChI is InChI=1S/C13H17N3O/c1-2-16-12-6-4-3-5-11(12)15-13(16)9-10(17)7-8-14/h3-6H,2,7-9,14H2,1H3. The summed E-state index contributed by atoms with van der Waals surface area (Å²) in [6.07, 6.45) is 0.798. The number of ketones is 1. The number of carbonyl (C=O) groups excluding carboxylic acids is 1. The Morgan fingerprint density at radius 1 is 1.41 bits per heavy atom. The molecule has 0 bridgehead atoms. The van der Waals surface area contributed by atoms with Crippen LogP contribution >= 0.6 is 0 Å². The molecule has 4 heteroatoms. The number of para-hydroxylation sites is 2. The molecule has 0 unspecified atom stereocenters. The van der Waals surface area contributed by atoms with Gasteiger partial charge in [0, 0.05) is 13.0 Å².